The molecule has 7 N–H and O–H groups in total. The zero-order valence-corrected chi connectivity index (χ0v) is 29.6. The Morgan fingerprint density at radius 3 is 1.93 bits per heavy atom. The molecule has 1 atom stereocenters. The molecule has 1 aliphatic rings. The van der Waals surface area contributed by atoms with Crippen molar-refractivity contribution in [3.8, 4) is 0 Å². The number of rotatable bonds is 32. The second-order valence-electron chi connectivity index (χ2n) is 11.5. The molecule has 15 heteroatoms. The summed E-state index contributed by atoms with van der Waals surface area (Å²) in [5.41, 5.74) is 8.42. The Morgan fingerprint density at radius 2 is 1.33 bits per heavy atom. The zero-order chi connectivity index (χ0) is 33.5. The van der Waals surface area contributed by atoms with Gasteiger partial charge in [0.1, 0.15) is 18.5 Å². The van der Waals surface area contributed by atoms with Gasteiger partial charge in [0, 0.05) is 25.9 Å². The standard InChI is InChI=1S/C31H58IN7O7/c32-24-29(41)33-19-15-14-16-26(31(43)44)35-30(42)25-46-23-22-45-21-20-34-28(40)18-13-11-9-7-5-3-1-2-4-6-8-10-12-17-27-36-38-39-37-27/h26,38-39H,1-25H2,(H,33,41)(H,34,40)(H,35,42)(H,36,37)(H,43,44). The third kappa shape index (κ3) is 25.9. The first-order valence-electron chi connectivity index (χ1n) is 17.0. The first-order chi connectivity index (χ1) is 22.4. The molecule has 3 amide bonds. The Morgan fingerprint density at radius 1 is 0.717 bits per heavy atom. The number of carbonyl (C=O) groups is 4. The van der Waals surface area contributed by atoms with Gasteiger partial charge in [-0.25, -0.2) is 10.3 Å². The molecule has 1 aliphatic heterocycles. The van der Waals surface area contributed by atoms with Gasteiger partial charge in [-0.2, -0.15) is 0 Å². The van der Waals surface area contributed by atoms with Crippen LogP contribution in [0.4, 0.5) is 0 Å². The summed E-state index contributed by atoms with van der Waals surface area (Å²) < 4.78 is 11.1. The van der Waals surface area contributed by atoms with Gasteiger partial charge >= 0.3 is 5.97 Å². The van der Waals surface area contributed by atoms with E-state index >= 15 is 0 Å². The van der Waals surface area contributed by atoms with Crippen molar-refractivity contribution in [2.75, 3.05) is 43.9 Å². The minimum Gasteiger partial charge on any atom is -0.480 e. The number of ether oxygens (including phenoxy) is 2. The van der Waals surface area contributed by atoms with Crippen molar-refractivity contribution in [3.63, 3.8) is 0 Å². The minimum absolute atomic E-state index is 0.0351. The fourth-order valence-corrected chi connectivity index (χ4v) is 5.11. The van der Waals surface area contributed by atoms with E-state index in [1.165, 1.54) is 70.6 Å². The molecule has 0 aliphatic carbocycles. The Hall–Kier alpha value is -2.24. The molecule has 0 spiro atoms. The van der Waals surface area contributed by atoms with Crippen molar-refractivity contribution >= 4 is 52.1 Å². The topological polar surface area (TPSA) is 192 Å². The SMILES string of the molecule is O=C(CI)NCCCCC(NC(=O)COCCOCCNC(=O)CCCCCCCCCCCCCCCC1=NNNN1)C(=O)O. The van der Waals surface area contributed by atoms with Crippen LogP contribution in [-0.2, 0) is 28.7 Å². The number of hydrogen-bond donors (Lipinski definition) is 7. The molecule has 14 nitrogen and oxygen atoms in total. The molecule has 0 radical (unpaired) electrons. The first kappa shape index (κ1) is 41.8. The van der Waals surface area contributed by atoms with E-state index in [1.54, 1.807) is 0 Å². The number of carbonyl (C=O) groups excluding carboxylic acids is 3. The van der Waals surface area contributed by atoms with Crippen molar-refractivity contribution in [3.05, 3.63) is 0 Å². The van der Waals surface area contributed by atoms with Crippen LogP contribution >= 0.6 is 22.6 Å². The van der Waals surface area contributed by atoms with Crippen molar-refractivity contribution in [2.24, 2.45) is 5.10 Å². The fourth-order valence-electron chi connectivity index (χ4n) is 4.84. The number of alkyl halides is 1. The molecule has 0 saturated heterocycles. The number of unbranched alkanes of at least 4 members (excludes halogenated alkanes) is 13. The Kier molecular flexibility index (Phi) is 27.4. The maximum atomic E-state index is 12.0. The molecular formula is C31H58IN7O7. The van der Waals surface area contributed by atoms with Crippen molar-refractivity contribution in [1.82, 2.24) is 32.4 Å². The van der Waals surface area contributed by atoms with Gasteiger partial charge in [-0.15, -0.1) is 10.6 Å². The summed E-state index contributed by atoms with van der Waals surface area (Å²) in [6, 6.07) is -1.00. The number of amides is 3. The zero-order valence-electron chi connectivity index (χ0n) is 27.5. The van der Waals surface area contributed by atoms with Crippen LogP contribution in [0.25, 0.3) is 0 Å². The number of carboxylic acid groups (broad SMARTS) is 1. The van der Waals surface area contributed by atoms with E-state index in [1.807, 2.05) is 22.6 Å². The van der Waals surface area contributed by atoms with Crippen LogP contribution in [0, 0.1) is 0 Å². The second kappa shape index (κ2) is 30.1. The van der Waals surface area contributed by atoms with Gasteiger partial charge in [-0.05, 0) is 32.1 Å². The molecule has 1 rings (SSSR count). The number of nitrogens with one attached hydrogen (secondary N) is 6. The van der Waals surface area contributed by atoms with E-state index < -0.39 is 17.9 Å². The molecular weight excluding hydrogens is 709 g/mol. The number of carboxylic acids is 1. The Bertz CT molecular complexity index is 867. The summed E-state index contributed by atoms with van der Waals surface area (Å²) in [6.45, 7) is 1.43. The molecule has 0 aromatic rings. The number of nitrogens with zero attached hydrogens (tertiary/aromatic N) is 1. The molecule has 266 valence electrons. The van der Waals surface area contributed by atoms with E-state index in [2.05, 4.69) is 37.5 Å². The molecule has 1 heterocycles. The predicted octanol–water partition coefficient (Wildman–Crippen LogP) is 3.20. The summed E-state index contributed by atoms with van der Waals surface area (Å²) in [5, 5.41) is 21.4. The van der Waals surface area contributed by atoms with E-state index in [-0.39, 0.29) is 38.1 Å². The highest BCUT2D eigenvalue weighted by atomic mass is 127. The molecule has 0 fully saturated rings. The molecule has 0 saturated carbocycles. The quantitative estimate of drug-likeness (QED) is 0.0304. The second-order valence-corrected chi connectivity index (χ2v) is 12.2. The number of halogens is 1. The van der Waals surface area contributed by atoms with Crippen LogP contribution in [0.1, 0.15) is 116 Å². The maximum absolute atomic E-state index is 12.0. The van der Waals surface area contributed by atoms with Crippen LogP contribution in [0.2, 0.25) is 0 Å². The lowest BCUT2D eigenvalue weighted by Gasteiger charge is -2.14. The number of hydrazine groups is 2. The smallest absolute Gasteiger partial charge is 0.326 e. The van der Waals surface area contributed by atoms with E-state index in [9.17, 15) is 24.3 Å². The van der Waals surface area contributed by atoms with Crippen molar-refractivity contribution in [2.45, 2.75) is 122 Å². The predicted molar refractivity (Wildman–Crippen MR) is 186 cm³/mol. The lowest BCUT2D eigenvalue weighted by Crippen LogP contribution is -2.42. The summed E-state index contributed by atoms with van der Waals surface area (Å²) in [6.07, 6.45) is 19.0. The third-order valence-corrected chi connectivity index (χ3v) is 8.13. The Labute approximate surface area is 288 Å². The molecule has 1 unspecified atom stereocenters. The van der Waals surface area contributed by atoms with Crippen LogP contribution in [0.3, 0.4) is 0 Å². The fraction of sp³-hybridized carbons (Fsp3) is 0.839. The minimum atomic E-state index is -1.11. The highest BCUT2D eigenvalue weighted by Crippen LogP contribution is 2.13. The lowest BCUT2D eigenvalue weighted by molar-refractivity contribution is -0.142. The number of hydrogen-bond acceptors (Lipinski definition) is 10. The van der Waals surface area contributed by atoms with Gasteiger partial charge < -0.3 is 30.5 Å². The van der Waals surface area contributed by atoms with Gasteiger partial charge in [-0.3, -0.25) is 19.8 Å². The average molecular weight is 768 g/mol. The lowest BCUT2D eigenvalue weighted by atomic mass is 10.0. The molecule has 0 bridgehead atoms. The summed E-state index contributed by atoms with van der Waals surface area (Å²) in [4.78, 5) is 46.6. The largest absolute Gasteiger partial charge is 0.480 e. The van der Waals surface area contributed by atoms with Gasteiger partial charge in [0.05, 0.1) is 24.2 Å². The molecule has 0 aromatic carbocycles. The third-order valence-electron chi connectivity index (χ3n) is 7.44. The maximum Gasteiger partial charge on any atom is 0.326 e. The van der Waals surface area contributed by atoms with Gasteiger partial charge in [0.2, 0.25) is 17.7 Å². The van der Waals surface area contributed by atoms with Crippen LogP contribution in [-0.4, -0.2) is 84.6 Å². The van der Waals surface area contributed by atoms with E-state index in [4.69, 9.17) is 9.47 Å². The van der Waals surface area contributed by atoms with Gasteiger partial charge in [0.25, 0.3) is 0 Å². The average Bonchev–Trinajstić information content (AvgIpc) is 3.56. The molecule has 46 heavy (non-hydrogen) atoms. The number of hydrazone groups is 1. The number of amidine groups is 1. The normalized spacial score (nSPS) is 12.9. The van der Waals surface area contributed by atoms with Crippen LogP contribution in [0.5, 0.6) is 0 Å². The van der Waals surface area contributed by atoms with Crippen LogP contribution < -0.4 is 32.4 Å². The highest BCUT2D eigenvalue weighted by Gasteiger charge is 2.19. The van der Waals surface area contributed by atoms with Crippen LogP contribution in [0.15, 0.2) is 5.10 Å². The van der Waals surface area contributed by atoms with Gasteiger partial charge in [0.15, 0.2) is 0 Å². The van der Waals surface area contributed by atoms with E-state index in [0.29, 0.717) is 43.4 Å². The Balaban J connectivity index is 1.82. The first-order valence-corrected chi connectivity index (χ1v) is 18.5. The van der Waals surface area contributed by atoms with Crippen molar-refractivity contribution < 1.29 is 33.8 Å². The number of aliphatic carboxylic acids is 1. The van der Waals surface area contributed by atoms with E-state index in [0.717, 1.165) is 25.1 Å². The summed E-state index contributed by atoms with van der Waals surface area (Å²) >= 11 is 1.97. The van der Waals surface area contributed by atoms with Crippen molar-refractivity contribution in [1.29, 1.82) is 0 Å². The highest BCUT2D eigenvalue weighted by molar-refractivity contribution is 14.1. The summed E-state index contributed by atoms with van der Waals surface area (Å²) in [5.74, 6) is -0.648. The molecule has 0 aromatic heterocycles. The van der Waals surface area contributed by atoms with Gasteiger partial charge in [-0.1, -0.05) is 93.2 Å². The summed E-state index contributed by atoms with van der Waals surface area (Å²) in [7, 11) is 0. The monoisotopic (exact) mass is 767 g/mol.